The van der Waals surface area contributed by atoms with E-state index >= 15 is 0 Å². The number of ketones is 1. The Balaban J connectivity index is 1.70. The highest BCUT2D eigenvalue weighted by Gasteiger charge is 2.07. The summed E-state index contributed by atoms with van der Waals surface area (Å²) in [5, 5.41) is 3.29. The van der Waals surface area contributed by atoms with Crippen molar-refractivity contribution in [1.82, 2.24) is 0 Å². The predicted molar refractivity (Wildman–Crippen MR) is 91.4 cm³/mol. The molecule has 2 aromatic carbocycles. The largest absolute Gasteiger partial charge is 0.449 e. The van der Waals surface area contributed by atoms with Gasteiger partial charge in [0.05, 0.1) is 16.7 Å². The molecule has 1 amide bonds. The van der Waals surface area contributed by atoms with Crippen molar-refractivity contribution >= 4 is 40.8 Å². The summed E-state index contributed by atoms with van der Waals surface area (Å²) in [6, 6.07) is 13.7. The minimum atomic E-state index is -0.601. The fourth-order valence-corrected chi connectivity index (χ4v) is 2.19. The van der Waals surface area contributed by atoms with Gasteiger partial charge in [-0.1, -0.05) is 53.5 Å². The van der Waals surface area contributed by atoms with Gasteiger partial charge >= 0.3 is 6.09 Å². The Hall–Kier alpha value is -2.04. The van der Waals surface area contributed by atoms with Crippen molar-refractivity contribution in [2.24, 2.45) is 0 Å². The monoisotopic (exact) mass is 351 g/mol. The van der Waals surface area contributed by atoms with Gasteiger partial charge < -0.3 is 4.74 Å². The smallest absolute Gasteiger partial charge is 0.411 e. The molecule has 120 valence electrons. The third-order valence-electron chi connectivity index (χ3n) is 3.04. The fraction of sp³-hybridized carbons (Fsp3) is 0.176. The van der Waals surface area contributed by atoms with Crippen LogP contribution in [-0.4, -0.2) is 18.5 Å². The van der Waals surface area contributed by atoms with Crippen molar-refractivity contribution in [2.75, 3.05) is 11.9 Å². The van der Waals surface area contributed by atoms with Crippen LogP contribution >= 0.6 is 23.2 Å². The number of amides is 1. The minimum absolute atomic E-state index is 0.0269. The molecule has 0 aromatic heterocycles. The fourth-order valence-electron chi connectivity index (χ4n) is 1.89. The highest BCUT2D eigenvalue weighted by atomic mass is 35.5. The number of rotatable bonds is 6. The normalized spacial score (nSPS) is 10.2. The quantitative estimate of drug-likeness (QED) is 0.574. The molecule has 0 aliphatic carbocycles. The molecule has 0 aliphatic rings. The van der Waals surface area contributed by atoms with Crippen molar-refractivity contribution in [2.45, 2.75) is 12.8 Å². The van der Waals surface area contributed by atoms with Crippen molar-refractivity contribution in [1.29, 1.82) is 0 Å². The molecule has 2 rings (SSSR count). The van der Waals surface area contributed by atoms with Gasteiger partial charge in [-0.15, -0.1) is 0 Å². The van der Waals surface area contributed by atoms with Crippen LogP contribution in [0.3, 0.4) is 0 Å². The van der Waals surface area contributed by atoms with E-state index in [0.29, 0.717) is 34.1 Å². The summed E-state index contributed by atoms with van der Waals surface area (Å²) in [7, 11) is 0. The molecule has 0 aliphatic heterocycles. The first-order valence-electron chi connectivity index (χ1n) is 7.03. The summed E-state index contributed by atoms with van der Waals surface area (Å²) >= 11 is 11.6. The van der Waals surface area contributed by atoms with Crippen LogP contribution in [-0.2, 0) is 4.74 Å². The molecule has 2 aromatic rings. The molecule has 6 heteroatoms. The summed E-state index contributed by atoms with van der Waals surface area (Å²) in [5.41, 5.74) is 1.15. The number of anilines is 1. The van der Waals surface area contributed by atoms with Gasteiger partial charge in [0.25, 0.3) is 0 Å². The Morgan fingerprint density at radius 1 is 1.00 bits per heavy atom. The van der Waals surface area contributed by atoms with Crippen LogP contribution in [0.4, 0.5) is 10.5 Å². The number of hydrogen-bond acceptors (Lipinski definition) is 3. The van der Waals surface area contributed by atoms with E-state index in [0.717, 1.165) is 0 Å². The van der Waals surface area contributed by atoms with Gasteiger partial charge in [0, 0.05) is 17.7 Å². The number of nitrogens with one attached hydrogen (secondary N) is 1. The van der Waals surface area contributed by atoms with Crippen molar-refractivity contribution in [3.8, 4) is 0 Å². The number of hydrogen-bond donors (Lipinski definition) is 1. The second-order valence-corrected chi connectivity index (χ2v) is 5.60. The molecule has 0 saturated carbocycles. The molecular weight excluding hydrogens is 337 g/mol. The molecule has 0 atom stereocenters. The van der Waals surface area contributed by atoms with Crippen molar-refractivity contribution < 1.29 is 14.3 Å². The molecule has 0 saturated heterocycles. The second kappa shape index (κ2) is 8.56. The highest BCUT2D eigenvalue weighted by molar-refractivity contribution is 6.42. The van der Waals surface area contributed by atoms with Gasteiger partial charge in [0.15, 0.2) is 5.78 Å². The van der Waals surface area contributed by atoms with Gasteiger partial charge in [-0.3, -0.25) is 10.1 Å². The Morgan fingerprint density at radius 3 is 2.43 bits per heavy atom. The molecule has 0 unspecified atom stereocenters. The lowest BCUT2D eigenvalue weighted by Crippen LogP contribution is -2.15. The van der Waals surface area contributed by atoms with Gasteiger partial charge in [0.1, 0.15) is 0 Å². The molecule has 0 heterocycles. The number of halogens is 2. The van der Waals surface area contributed by atoms with Gasteiger partial charge in [-0.25, -0.2) is 4.79 Å². The average Bonchev–Trinajstić information content (AvgIpc) is 2.55. The first-order valence-corrected chi connectivity index (χ1v) is 7.79. The van der Waals surface area contributed by atoms with Crippen molar-refractivity contribution in [3.63, 3.8) is 0 Å². The second-order valence-electron chi connectivity index (χ2n) is 4.78. The lowest BCUT2D eigenvalue weighted by molar-refractivity contribution is 0.0964. The molecule has 1 N–H and O–H groups in total. The molecule has 4 nitrogen and oxygen atoms in total. The van der Waals surface area contributed by atoms with E-state index in [-0.39, 0.29) is 12.4 Å². The molecular formula is C17H15Cl2NO3. The molecule has 0 bridgehead atoms. The van der Waals surface area contributed by atoms with Crippen molar-refractivity contribution in [3.05, 3.63) is 64.1 Å². The number of carbonyl (C=O) groups excluding carboxylic acids is 2. The van der Waals surface area contributed by atoms with Gasteiger partial charge in [-0.05, 0) is 24.6 Å². The maximum Gasteiger partial charge on any atom is 0.411 e. The van der Waals surface area contributed by atoms with Crippen LogP contribution < -0.4 is 5.32 Å². The van der Waals surface area contributed by atoms with E-state index in [4.69, 9.17) is 27.9 Å². The average molecular weight is 352 g/mol. The summed E-state index contributed by atoms with van der Waals surface area (Å²) in [5.74, 6) is 0.0269. The van der Waals surface area contributed by atoms with Crippen LogP contribution in [0.15, 0.2) is 48.5 Å². The Kier molecular flexibility index (Phi) is 6.44. The Bertz CT molecular complexity index is 689. The number of carbonyl (C=O) groups is 2. The maximum atomic E-state index is 11.9. The van der Waals surface area contributed by atoms with E-state index in [9.17, 15) is 9.59 Å². The number of ether oxygens (including phenoxy) is 1. The van der Waals surface area contributed by atoms with E-state index in [1.165, 1.54) is 6.07 Å². The third kappa shape index (κ3) is 5.58. The zero-order valence-corrected chi connectivity index (χ0v) is 13.7. The SMILES string of the molecule is O=C(Nc1ccc(Cl)c(Cl)c1)OCCCC(=O)c1ccccc1. The Morgan fingerprint density at radius 2 is 1.74 bits per heavy atom. The summed E-state index contributed by atoms with van der Waals surface area (Å²) in [6.45, 7) is 0.158. The molecule has 0 radical (unpaired) electrons. The first kappa shape index (κ1) is 17.3. The molecule has 0 fully saturated rings. The first-order chi connectivity index (χ1) is 11.1. The maximum absolute atomic E-state index is 11.9. The van der Waals surface area contributed by atoms with E-state index in [2.05, 4.69) is 5.32 Å². The summed E-state index contributed by atoms with van der Waals surface area (Å²) < 4.78 is 5.02. The zero-order chi connectivity index (χ0) is 16.7. The van der Waals surface area contributed by atoms with Crippen LogP contribution in [0.2, 0.25) is 10.0 Å². The van der Waals surface area contributed by atoms with Crippen LogP contribution in [0.1, 0.15) is 23.2 Å². The highest BCUT2D eigenvalue weighted by Crippen LogP contribution is 2.25. The number of benzene rings is 2. The predicted octanol–water partition coefficient (Wildman–Crippen LogP) is 5.21. The topological polar surface area (TPSA) is 55.4 Å². The zero-order valence-electron chi connectivity index (χ0n) is 12.2. The van der Waals surface area contributed by atoms with Gasteiger partial charge in [0.2, 0.25) is 0 Å². The minimum Gasteiger partial charge on any atom is -0.449 e. The third-order valence-corrected chi connectivity index (χ3v) is 3.78. The van der Waals surface area contributed by atoms with Crippen LogP contribution in [0.5, 0.6) is 0 Å². The molecule has 23 heavy (non-hydrogen) atoms. The lowest BCUT2D eigenvalue weighted by Gasteiger charge is -2.07. The lowest BCUT2D eigenvalue weighted by atomic mass is 10.1. The number of Topliss-reactive ketones (excluding diaryl/α,β-unsaturated/α-hetero) is 1. The van der Waals surface area contributed by atoms with E-state index < -0.39 is 6.09 Å². The molecule has 0 spiro atoms. The summed E-state index contributed by atoms with van der Waals surface area (Å²) in [4.78, 5) is 23.5. The van der Waals surface area contributed by atoms with Gasteiger partial charge in [-0.2, -0.15) is 0 Å². The van der Waals surface area contributed by atoms with E-state index in [1.54, 1.807) is 24.3 Å². The van der Waals surface area contributed by atoms with Crippen LogP contribution in [0.25, 0.3) is 0 Å². The standard InChI is InChI=1S/C17H15Cl2NO3/c18-14-9-8-13(11-15(14)19)20-17(22)23-10-4-7-16(21)12-5-2-1-3-6-12/h1-3,5-6,8-9,11H,4,7,10H2,(H,20,22). The van der Waals surface area contributed by atoms with Crippen LogP contribution in [0, 0.1) is 0 Å². The van der Waals surface area contributed by atoms with E-state index in [1.807, 2.05) is 18.2 Å². The summed E-state index contributed by atoms with van der Waals surface area (Å²) in [6.07, 6.45) is 0.183. The Labute approximate surface area is 144 Å².